The van der Waals surface area contributed by atoms with Gasteiger partial charge in [-0.25, -0.2) is 13.2 Å². The van der Waals surface area contributed by atoms with Crippen LogP contribution in [0.25, 0.3) is 0 Å². The van der Waals surface area contributed by atoms with Gasteiger partial charge in [-0.2, -0.15) is 0 Å². The Labute approximate surface area is 202 Å². The predicted octanol–water partition coefficient (Wildman–Crippen LogP) is 9.19. The zero-order valence-corrected chi connectivity index (χ0v) is 21.5. The van der Waals surface area contributed by atoms with Crippen LogP contribution in [-0.4, -0.2) is 22.4 Å². The van der Waals surface area contributed by atoms with Crippen LogP contribution in [-0.2, 0) is 0 Å². The van der Waals surface area contributed by atoms with Gasteiger partial charge in [-0.1, -0.05) is 80.4 Å². The Bertz CT molecular complexity index is 529. The number of halogens is 4. The van der Waals surface area contributed by atoms with E-state index in [-0.39, 0.29) is 11.8 Å². The van der Waals surface area contributed by atoms with Gasteiger partial charge in [0.25, 0.3) is 0 Å². The molecule has 4 heteroatoms. The lowest BCUT2D eigenvalue weighted by molar-refractivity contribution is -0.0118. The monoisotopic (exact) mass is 552 g/mol. The highest BCUT2D eigenvalue weighted by Crippen LogP contribution is 2.46. The van der Waals surface area contributed by atoms with Gasteiger partial charge in [-0.3, -0.25) is 0 Å². The lowest BCUT2D eigenvalue weighted by atomic mass is 9.68. The molecule has 0 nitrogen and oxygen atoms in total. The minimum Gasteiger partial charge on any atom is -0.247 e. The second kappa shape index (κ2) is 11.8. The summed E-state index contributed by atoms with van der Waals surface area (Å²) < 4.78 is 44.9. The first-order valence-corrected chi connectivity index (χ1v) is 14.8. The molecule has 0 N–H and O–H groups in total. The van der Waals surface area contributed by atoms with E-state index in [1.807, 2.05) is 0 Å². The average Bonchev–Trinajstić information content (AvgIpc) is 2.78. The highest BCUT2D eigenvalue weighted by atomic mass is 127. The van der Waals surface area contributed by atoms with Crippen molar-refractivity contribution in [2.24, 2.45) is 35.5 Å². The van der Waals surface area contributed by atoms with Crippen LogP contribution >= 0.6 is 22.6 Å². The number of hydrogen-bond acceptors (Lipinski definition) is 0. The summed E-state index contributed by atoms with van der Waals surface area (Å²) in [6, 6.07) is 0. The zero-order valence-electron chi connectivity index (χ0n) is 19.3. The fourth-order valence-corrected chi connectivity index (χ4v) is 8.62. The molecule has 4 aliphatic carbocycles. The number of rotatable bonds is 6. The zero-order chi connectivity index (χ0) is 21.8. The molecule has 0 heterocycles. The Morgan fingerprint density at radius 3 is 2.00 bits per heavy atom. The van der Waals surface area contributed by atoms with Gasteiger partial charge >= 0.3 is 0 Å². The Hall–Kier alpha value is 0.520. The summed E-state index contributed by atoms with van der Waals surface area (Å²) in [6.07, 6.45) is 15.6. The van der Waals surface area contributed by atoms with E-state index in [0.29, 0.717) is 21.7 Å². The van der Waals surface area contributed by atoms with Crippen LogP contribution in [0.1, 0.15) is 109 Å². The third-order valence-corrected chi connectivity index (χ3v) is 10.9. The Morgan fingerprint density at radius 2 is 1.29 bits per heavy atom. The molecule has 0 aliphatic heterocycles. The van der Waals surface area contributed by atoms with Crippen molar-refractivity contribution in [1.29, 1.82) is 0 Å². The Balaban J connectivity index is 1.14. The van der Waals surface area contributed by atoms with E-state index in [1.165, 1.54) is 57.8 Å². The fourth-order valence-electron chi connectivity index (χ4n) is 7.78. The number of alkyl halides is 4. The van der Waals surface area contributed by atoms with Crippen LogP contribution in [0, 0.1) is 35.5 Å². The first-order valence-electron chi connectivity index (χ1n) is 13.6. The SMILES string of the molecule is FC1CC(I)CCC1C1CCC(CCCC2CCC(C3CCCCC3)C(F)[C@H]2F)CC1. The van der Waals surface area contributed by atoms with Crippen LogP contribution in [0.4, 0.5) is 13.2 Å². The molecule has 0 aromatic carbocycles. The van der Waals surface area contributed by atoms with Gasteiger partial charge in [0.05, 0.1) is 0 Å². The van der Waals surface area contributed by atoms with Crippen LogP contribution in [0.15, 0.2) is 0 Å². The minimum absolute atomic E-state index is 0.0107. The minimum atomic E-state index is -1.23. The van der Waals surface area contributed by atoms with Crippen LogP contribution in [0.2, 0.25) is 0 Å². The molecule has 0 aromatic heterocycles. The van der Waals surface area contributed by atoms with Gasteiger partial charge in [-0.15, -0.1) is 0 Å². The van der Waals surface area contributed by atoms with E-state index in [4.69, 9.17) is 0 Å². The first-order chi connectivity index (χ1) is 15.0. The summed E-state index contributed by atoms with van der Waals surface area (Å²) in [6.45, 7) is 0. The van der Waals surface area contributed by atoms with E-state index in [0.717, 1.165) is 57.3 Å². The molecule has 0 aromatic rings. The molecule has 4 rings (SSSR count). The van der Waals surface area contributed by atoms with E-state index in [1.54, 1.807) is 0 Å². The quantitative estimate of drug-likeness (QED) is 0.228. The van der Waals surface area contributed by atoms with Crippen molar-refractivity contribution in [2.75, 3.05) is 0 Å². The van der Waals surface area contributed by atoms with Gasteiger partial charge in [0.2, 0.25) is 0 Å². The molecule has 0 saturated heterocycles. The van der Waals surface area contributed by atoms with E-state index >= 15 is 0 Å². The molecular weight excluding hydrogens is 508 g/mol. The molecule has 4 saturated carbocycles. The lowest BCUT2D eigenvalue weighted by Crippen LogP contribution is -2.41. The van der Waals surface area contributed by atoms with Crippen molar-refractivity contribution in [3.63, 3.8) is 0 Å². The van der Waals surface area contributed by atoms with Gasteiger partial charge in [0, 0.05) is 3.92 Å². The summed E-state index contributed by atoms with van der Waals surface area (Å²) in [5, 5.41) is 0. The second-order valence-corrected chi connectivity index (χ2v) is 13.4. The van der Waals surface area contributed by atoms with Crippen molar-refractivity contribution in [3.05, 3.63) is 0 Å². The Kier molecular flexibility index (Phi) is 9.36. The fraction of sp³-hybridized carbons (Fsp3) is 1.00. The van der Waals surface area contributed by atoms with Crippen LogP contribution in [0.5, 0.6) is 0 Å². The topological polar surface area (TPSA) is 0 Å². The van der Waals surface area contributed by atoms with Gasteiger partial charge < -0.3 is 0 Å². The molecule has 0 radical (unpaired) electrons. The predicted molar refractivity (Wildman–Crippen MR) is 132 cm³/mol. The molecule has 7 atom stereocenters. The standard InChI is InChI=1S/C27H44F3I/c28-25-17-22(31)14-16-23(25)20-11-9-18(10-12-20)5-4-8-21-13-15-24(27(30)26(21)29)19-6-2-1-3-7-19/h18-27H,1-17H2/t18?,20?,21?,22?,23?,24?,25?,26-,27?/m0/s1. The maximum atomic E-state index is 14.9. The van der Waals surface area contributed by atoms with Crippen molar-refractivity contribution in [3.8, 4) is 0 Å². The molecule has 0 amide bonds. The van der Waals surface area contributed by atoms with Crippen molar-refractivity contribution in [1.82, 2.24) is 0 Å². The van der Waals surface area contributed by atoms with E-state index < -0.39 is 18.5 Å². The molecule has 0 bridgehead atoms. The van der Waals surface area contributed by atoms with Gasteiger partial charge in [-0.05, 0) is 86.9 Å². The Morgan fingerprint density at radius 1 is 0.613 bits per heavy atom. The third kappa shape index (κ3) is 6.35. The average molecular weight is 553 g/mol. The molecule has 180 valence electrons. The maximum absolute atomic E-state index is 14.9. The van der Waals surface area contributed by atoms with Crippen molar-refractivity contribution < 1.29 is 13.2 Å². The summed E-state index contributed by atoms with van der Waals surface area (Å²) in [5.74, 6) is 2.00. The van der Waals surface area contributed by atoms with Gasteiger partial charge in [0.1, 0.15) is 18.5 Å². The van der Waals surface area contributed by atoms with Crippen molar-refractivity contribution in [2.45, 2.75) is 132 Å². The smallest absolute Gasteiger partial charge is 0.134 e. The largest absolute Gasteiger partial charge is 0.247 e. The highest BCUT2D eigenvalue weighted by molar-refractivity contribution is 14.1. The van der Waals surface area contributed by atoms with Crippen LogP contribution < -0.4 is 0 Å². The normalized spacial score (nSPS) is 45.5. The summed E-state index contributed by atoms with van der Waals surface area (Å²) in [4.78, 5) is 0. The molecule has 4 fully saturated rings. The molecule has 0 spiro atoms. The summed E-state index contributed by atoms with van der Waals surface area (Å²) in [7, 11) is 0. The summed E-state index contributed by atoms with van der Waals surface area (Å²) in [5.41, 5.74) is 0. The highest BCUT2D eigenvalue weighted by Gasteiger charge is 2.43. The third-order valence-electron chi connectivity index (χ3n) is 9.73. The second-order valence-electron chi connectivity index (χ2n) is 11.6. The summed E-state index contributed by atoms with van der Waals surface area (Å²) >= 11 is 2.41. The van der Waals surface area contributed by atoms with E-state index in [9.17, 15) is 13.2 Å². The molecule has 4 aliphatic rings. The number of hydrogen-bond donors (Lipinski definition) is 0. The lowest BCUT2D eigenvalue weighted by Gasteiger charge is -2.40. The maximum Gasteiger partial charge on any atom is 0.134 e. The van der Waals surface area contributed by atoms with Crippen LogP contribution in [0.3, 0.4) is 0 Å². The van der Waals surface area contributed by atoms with Gasteiger partial charge in [0.15, 0.2) is 0 Å². The first kappa shape index (κ1) is 24.6. The molecule has 6 unspecified atom stereocenters. The van der Waals surface area contributed by atoms with E-state index in [2.05, 4.69) is 22.6 Å². The molecule has 31 heavy (non-hydrogen) atoms. The molecular formula is C27H44F3I. The van der Waals surface area contributed by atoms with Crippen molar-refractivity contribution >= 4 is 22.6 Å².